The molecule has 0 radical (unpaired) electrons. The first-order valence-electron chi connectivity index (χ1n) is 3.57. The molecule has 0 aromatic heterocycles. The zero-order valence-electron chi connectivity index (χ0n) is 6.83. The Morgan fingerprint density at radius 2 is 2.00 bits per heavy atom. The van der Waals surface area contributed by atoms with E-state index in [0.29, 0.717) is 0 Å². The number of carboxylic acid groups (broad SMARTS) is 1. The molecule has 0 bridgehead atoms. The average Bonchev–Trinajstić information content (AvgIpc) is 2.07. The predicted molar refractivity (Wildman–Crippen MR) is 57.2 cm³/mol. The second-order valence-electron chi connectivity index (χ2n) is 2.05. The van der Waals surface area contributed by atoms with Crippen molar-refractivity contribution in [3.05, 3.63) is 33.4 Å². The Morgan fingerprint density at radius 3 is 2.33 bits per heavy atom. The summed E-state index contributed by atoms with van der Waals surface area (Å²) in [7, 11) is 0. The lowest BCUT2D eigenvalue weighted by atomic mass is 10.2. The summed E-state index contributed by atoms with van der Waals surface area (Å²) in [6.07, 6.45) is 1.14. The highest BCUT2D eigenvalue weighted by Crippen LogP contribution is 2.10. The summed E-state index contributed by atoms with van der Waals surface area (Å²) in [5.41, 5.74) is 1.44. The SMILES string of the molecule is CCc1ccccc1I.O=CO. The zero-order chi connectivity index (χ0) is 9.40. The van der Waals surface area contributed by atoms with Crippen molar-refractivity contribution in [2.75, 3.05) is 0 Å². The Bertz CT molecular complexity index is 236. The van der Waals surface area contributed by atoms with Crippen LogP contribution in [-0.2, 0) is 11.2 Å². The quantitative estimate of drug-likeness (QED) is 0.633. The van der Waals surface area contributed by atoms with E-state index in [1.807, 2.05) is 0 Å². The summed E-state index contributed by atoms with van der Waals surface area (Å²) in [6, 6.07) is 8.46. The highest BCUT2D eigenvalue weighted by atomic mass is 127. The molecule has 12 heavy (non-hydrogen) atoms. The number of benzene rings is 1. The van der Waals surface area contributed by atoms with Crippen molar-refractivity contribution >= 4 is 29.1 Å². The fourth-order valence-electron chi connectivity index (χ4n) is 0.785. The highest BCUT2D eigenvalue weighted by molar-refractivity contribution is 14.1. The van der Waals surface area contributed by atoms with Crippen molar-refractivity contribution < 1.29 is 9.90 Å². The molecule has 2 nitrogen and oxygen atoms in total. The van der Waals surface area contributed by atoms with Crippen LogP contribution < -0.4 is 0 Å². The van der Waals surface area contributed by atoms with Gasteiger partial charge in [-0.05, 0) is 40.6 Å². The molecule has 0 aliphatic rings. The molecule has 0 atom stereocenters. The fourth-order valence-corrected chi connectivity index (χ4v) is 1.55. The second-order valence-corrected chi connectivity index (χ2v) is 3.21. The lowest BCUT2D eigenvalue weighted by Gasteiger charge is -1.96. The van der Waals surface area contributed by atoms with E-state index in [9.17, 15) is 0 Å². The summed E-state index contributed by atoms with van der Waals surface area (Å²) in [4.78, 5) is 8.36. The zero-order valence-corrected chi connectivity index (χ0v) is 8.98. The molecular weight excluding hydrogens is 267 g/mol. The van der Waals surface area contributed by atoms with Crippen LogP contribution in [0.25, 0.3) is 0 Å². The summed E-state index contributed by atoms with van der Waals surface area (Å²) in [6.45, 7) is 1.93. The van der Waals surface area contributed by atoms with Crippen molar-refractivity contribution in [1.82, 2.24) is 0 Å². The van der Waals surface area contributed by atoms with Gasteiger partial charge in [0.05, 0.1) is 0 Å². The van der Waals surface area contributed by atoms with E-state index in [2.05, 4.69) is 53.8 Å². The molecule has 0 amide bonds. The number of rotatable bonds is 1. The lowest BCUT2D eigenvalue weighted by molar-refractivity contribution is -0.122. The Balaban J connectivity index is 0.000000354. The van der Waals surface area contributed by atoms with Crippen LogP contribution in [0.2, 0.25) is 0 Å². The summed E-state index contributed by atoms with van der Waals surface area (Å²) in [5, 5.41) is 6.89. The predicted octanol–water partition coefficient (Wildman–Crippen LogP) is 2.55. The Morgan fingerprint density at radius 1 is 1.50 bits per heavy atom. The normalized spacial score (nSPS) is 8.17. The van der Waals surface area contributed by atoms with E-state index in [1.165, 1.54) is 9.13 Å². The second kappa shape index (κ2) is 7.09. The highest BCUT2D eigenvalue weighted by Gasteiger charge is 1.91. The Labute approximate surface area is 85.7 Å². The van der Waals surface area contributed by atoms with Gasteiger partial charge in [-0.2, -0.15) is 0 Å². The van der Waals surface area contributed by atoms with Crippen molar-refractivity contribution in [3.8, 4) is 0 Å². The Kier molecular flexibility index (Phi) is 6.75. The maximum atomic E-state index is 8.36. The molecule has 0 spiro atoms. The van der Waals surface area contributed by atoms with E-state index >= 15 is 0 Å². The number of halogens is 1. The number of aryl methyl sites for hydroxylation is 1. The van der Waals surface area contributed by atoms with E-state index in [-0.39, 0.29) is 6.47 Å². The standard InChI is InChI=1S/C8H9I.CH2O2/c1-2-7-5-3-4-6-8(7)9;2-1-3/h3-6H,2H2,1H3;1H,(H,2,3). The number of hydrogen-bond acceptors (Lipinski definition) is 1. The van der Waals surface area contributed by atoms with E-state index in [0.717, 1.165) is 6.42 Å². The minimum atomic E-state index is -0.250. The molecule has 1 aromatic rings. The molecule has 0 heterocycles. The van der Waals surface area contributed by atoms with Crippen molar-refractivity contribution in [2.45, 2.75) is 13.3 Å². The van der Waals surface area contributed by atoms with Crippen LogP contribution in [-0.4, -0.2) is 11.6 Å². The lowest BCUT2D eigenvalue weighted by Crippen LogP contribution is -1.82. The van der Waals surface area contributed by atoms with Gasteiger partial charge in [0, 0.05) is 3.57 Å². The summed E-state index contributed by atoms with van der Waals surface area (Å²) in [5.74, 6) is 0. The van der Waals surface area contributed by atoms with Crippen molar-refractivity contribution in [1.29, 1.82) is 0 Å². The molecule has 0 fully saturated rings. The fraction of sp³-hybridized carbons (Fsp3) is 0.222. The van der Waals surface area contributed by atoms with Gasteiger partial charge >= 0.3 is 0 Å². The molecule has 0 aliphatic heterocycles. The van der Waals surface area contributed by atoms with Gasteiger partial charge in [-0.15, -0.1) is 0 Å². The summed E-state index contributed by atoms with van der Waals surface area (Å²) >= 11 is 2.36. The Hall–Kier alpha value is -0.580. The maximum absolute atomic E-state index is 8.36. The molecule has 1 rings (SSSR count). The molecule has 1 N–H and O–H groups in total. The minimum Gasteiger partial charge on any atom is -0.483 e. The molecule has 0 saturated carbocycles. The van der Waals surface area contributed by atoms with Crippen LogP contribution in [0.15, 0.2) is 24.3 Å². The van der Waals surface area contributed by atoms with Crippen LogP contribution in [0.4, 0.5) is 0 Å². The third kappa shape index (κ3) is 4.33. The molecule has 1 aromatic carbocycles. The van der Waals surface area contributed by atoms with Crippen molar-refractivity contribution in [3.63, 3.8) is 0 Å². The van der Waals surface area contributed by atoms with Crippen LogP contribution in [0, 0.1) is 3.57 Å². The molecule has 0 saturated heterocycles. The third-order valence-electron chi connectivity index (χ3n) is 1.34. The van der Waals surface area contributed by atoms with Crippen LogP contribution in [0.3, 0.4) is 0 Å². The molecule has 0 unspecified atom stereocenters. The first-order chi connectivity index (χ1) is 5.76. The van der Waals surface area contributed by atoms with Gasteiger partial charge < -0.3 is 5.11 Å². The molecule has 66 valence electrons. The molecular formula is C9H11IO2. The van der Waals surface area contributed by atoms with E-state index in [1.54, 1.807) is 0 Å². The number of carbonyl (C=O) groups is 1. The van der Waals surface area contributed by atoms with E-state index < -0.39 is 0 Å². The van der Waals surface area contributed by atoms with Gasteiger partial charge in [0.25, 0.3) is 6.47 Å². The average molecular weight is 278 g/mol. The monoisotopic (exact) mass is 278 g/mol. The third-order valence-corrected chi connectivity index (χ3v) is 2.39. The van der Waals surface area contributed by atoms with Gasteiger partial charge in [0.1, 0.15) is 0 Å². The van der Waals surface area contributed by atoms with Gasteiger partial charge in [0.2, 0.25) is 0 Å². The van der Waals surface area contributed by atoms with Crippen molar-refractivity contribution in [2.24, 2.45) is 0 Å². The molecule has 3 heteroatoms. The summed E-state index contributed by atoms with van der Waals surface area (Å²) < 4.78 is 1.37. The largest absolute Gasteiger partial charge is 0.483 e. The van der Waals surface area contributed by atoms with Gasteiger partial charge in [-0.3, -0.25) is 4.79 Å². The smallest absolute Gasteiger partial charge is 0.290 e. The van der Waals surface area contributed by atoms with Crippen LogP contribution in [0.1, 0.15) is 12.5 Å². The molecule has 0 aliphatic carbocycles. The van der Waals surface area contributed by atoms with Gasteiger partial charge in [-0.25, -0.2) is 0 Å². The van der Waals surface area contributed by atoms with Gasteiger partial charge in [0.15, 0.2) is 0 Å². The van der Waals surface area contributed by atoms with E-state index in [4.69, 9.17) is 9.90 Å². The first-order valence-corrected chi connectivity index (χ1v) is 4.65. The van der Waals surface area contributed by atoms with Crippen LogP contribution >= 0.6 is 22.6 Å². The first kappa shape index (κ1) is 11.4. The number of hydrogen-bond donors (Lipinski definition) is 1. The topological polar surface area (TPSA) is 37.3 Å². The minimum absolute atomic E-state index is 0.250. The van der Waals surface area contributed by atoms with Crippen LogP contribution in [0.5, 0.6) is 0 Å². The maximum Gasteiger partial charge on any atom is 0.290 e. The van der Waals surface area contributed by atoms with Gasteiger partial charge in [-0.1, -0.05) is 25.1 Å².